The highest BCUT2D eigenvalue weighted by Crippen LogP contribution is 2.20. The van der Waals surface area contributed by atoms with Gasteiger partial charge < -0.3 is 15.5 Å². The maximum absolute atomic E-state index is 13.9. The fraction of sp³-hybridized carbons (Fsp3) is 0.400. The summed E-state index contributed by atoms with van der Waals surface area (Å²) < 4.78 is 40.5. The molecular weight excluding hydrogens is 367 g/mol. The van der Waals surface area contributed by atoms with Gasteiger partial charge in [-0.25, -0.2) is 18.2 Å². The van der Waals surface area contributed by atoms with Gasteiger partial charge in [0, 0.05) is 44.5 Å². The monoisotopic (exact) mass is 391 g/mol. The SMILES string of the molecule is CCNC(=NCCc1cc(F)cc(F)c1)NC1CCN(c2ncccc2F)C1. The van der Waals surface area contributed by atoms with Crippen molar-refractivity contribution in [2.75, 3.05) is 31.1 Å². The number of nitrogens with zero attached hydrogens (tertiary/aromatic N) is 3. The standard InChI is InChI=1S/C20H24F3N5/c1-2-24-20(26-8-5-14-10-15(21)12-16(22)11-14)27-17-6-9-28(13-17)19-18(23)4-3-7-25-19/h3-4,7,10-12,17H,2,5-6,8-9,13H2,1H3,(H2,24,26,27). The Morgan fingerprint density at radius 3 is 2.75 bits per heavy atom. The molecule has 1 atom stereocenters. The zero-order valence-electron chi connectivity index (χ0n) is 15.8. The van der Waals surface area contributed by atoms with Gasteiger partial charge in [0.2, 0.25) is 0 Å². The number of nitrogens with one attached hydrogen (secondary N) is 2. The first-order valence-corrected chi connectivity index (χ1v) is 9.40. The Balaban J connectivity index is 1.57. The van der Waals surface area contributed by atoms with Crippen LogP contribution in [0.5, 0.6) is 0 Å². The smallest absolute Gasteiger partial charge is 0.191 e. The predicted molar refractivity (Wildman–Crippen MR) is 104 cm³/mol. The number of halogens is 3. The topological polar surface area (TPSA) is 52.6 Å². The Kier molecular flexibility index (Phi) is 6.73. The van der Waals surface area contributed by atoms with Gasteiger partial charge in [-0.3, -0.25) is 4.99 Å². The zero-order valence-corrected chi connectivity index (χ0v) is 15.8. The van der Waals surface area contributed by atoms with Crippen LogP contribution in [0.2, 0.25) is 0 Å². The van der Waals surface area contributed by atoms with Gasteiger partial charge in [0.05, 0.1) is 0 Å². The summed E-state index contributed by atoms with van der Waals surface area (Å²) in [6, 6.07) is 6.57. The predicted octanol–water partition coefficient (Wildman–Crippen LogP) is 2.88. The van der Waals surface area contributed by atoms with Crippen molar-refractivity contribution in [1.29, 1.82) is 0 Å². The van der Waals surface area contributed by atoms with E-state index < -0.39 is 11.6 Å². The number of benzene rings is 1. The van der Waals surface area contributed by atoms with E-state index in [1.165, 1.54) is 18.2 Å². The maximum Gasteiger partial charge on any atom is 0.191 e. The van der Waals surface area contributed by atoms with Gasteiger partial charge in [-0.05, 0) is 49.6 Å². The number of rotatable bonds is 6. The molecule has 2 N–H and O–H groups in total. The van der Waals surface area contributed by atoms with Crippen LogP contribution in [-0.4, -0.2) is 43.2 Å². The van der Waals surface area contributed by atoms with E-state index in [0.29, 0.717) is 49.9 Å². The third-order valence-electron chi connectivity index (χ3n) is 4.50. The molecule has 150 valence electrons. The number of anilines is 1. The molecule has 2 heterocycles. The summed E-state index contributed by atoms with van der Waals surface area (Å²) in [6.45, 7) is 4.36. The van der Waals surface area contributed by atoms with Crippen LogP contribution in [0, 0.1) is 17.5 Å². The lowest BCUT2D eigenvalue weighted by atomic mass is 10.1. The molecule has 1 aliphatic rings. The molecule has 1 aromatic heterocycles. The summed E-state index contributed by atoms with van der Waals surface area (Å²) in [5.41, 5.74) is 0.565. The fourth-order valence-electron chi connectivity index (χ4n) is 3.25. The van der Waals surface area contributed by atoms with Crippen molar-refractivity contribution < 1.29 is 13.2 Å². The highest BCUT2D eigenvalue weighted by atomic mass is 19.1. The number of hydrogen-bond acceptors (Lipinski definition) is 3. The molecule has 0 saturated carbocycles. The van der Waals surface area contributed by atoms with Crippen LogP contribution in [0.4, 0.5) is 19.0 Å². The molecule has 0 amide bonds. The lowest BCUT2D eigenvalue weighted by Gasteiger charge is -2.20. The Morgan fingerprint density at radius 1 is 1.25 bits per heavy atom. The second-order valence-electron chi connectivity index (χ2n) is 6.67. The second kappa shape index (κ2) is 9.43. The van der Waals surface area contributed by atoms with Gasteiger partial charge in [0.15, 0.2) is 17.6 Å². The third-order valence-corrected chi connectivity index (χ3v) is 4.50. The van der Waals surface area contributed by atoms with E-state index in [0.717, 1.165) is 12.5 Å². The van der Waals surface area contributed by atoms with Crippen molar-refractivity contribution in [2.24, 2.45) is 4.99 Å². The van der Waals surface area contributed by atoms with Crippen molar-refractivity contribution in [3.8, 4) is 0 Å². The molecule has 28 heavy (non-hydrogen) atoms. The minimum absolute atomic E-state index is 0.103. The number of aromatic nitrogens is 1. The Bertz CT molecular complexity index is 807. The van der Waals surface area contributed by atoms with E-state index in [1.54, 1.807) is 12.3 Å². The van der Waals surface area contributed by atoms with Crippen LogP contribution >= 0.6 is 0 Å². The van der Waals surface area contributed by atoms with Crippen LogP contribution in [0.25, 0.3) is 0 Å². The molecule has 5 nitrogen and oxygen atoms in total. The molecule has 1 fully saturated rings. The molecule has 8 heteroatoms. The highest BCUT2D eigenvalue weighted by molar-refractivity contribution is 5.80. The molecular formula is C20H24F3N5. The Labute approximate surface area is 162 Å². The van der Waals surface area contributed by atoms with Crippen LogP contribution in [0.15, 0.2) is 41.5 Å². The molecule has 2 aromatic rings. The zero-order chi connectivity index (χ0) is 19.9. The Hall–Kier alpha value is -2.77. The van der Waals surface area contributed by atoms with Crippen molar-refractivity contribution in [3.05, 3.63) is 59.5 Å². The van der Waals surface area contributed by atoms with E-state index in [-0.39, 0.29) is 11.9 Å². The van der Waals surface area contributed by atoms with E-state index in [4.69, 9.17) is 0 Å². The van der Waals surface area contributed by atoms with Crippen molar-refractivity contribution in [2.45, 2.75) is 25.8 Å². The second-order valence-corrected chi connectivity index (χ2v) is 6.67. The first kappa shape index (κ1) is 20.0. The molecule has 0 aliphatic carbocycles. The van der Waals surface area contributed by atoms with Crippen LogP contribution in [-0.2, 0) is 6.42 Å². The van der Waals surface area contributed by atoms with Gasteiger partial charge >= 0.3 is 0 Å². The normalized spacial score (nSPS) is 17.1. The average Bonchev–Trinajstić information content (AvgIpc) is 3.09. The largest absolute Gasteiger partial charge is 0.357 e. The first-order chi connectivity index (χ1) is 13.5. The van der Waals surface area contributed by atoms with Crippen molar-refractivity contribution in [1.82, 2.24) is 15.6 Å². The van der Waals surface area contributed by atoms with Gasteiger partial charge in [-0.1, -0.05) is 0 Å². The van der Waals surface area contributed by atoms with E-state index in [1.807, 2.05) is 11.8 Å². The number of guanidine groups is 1. The van der Waals surface area contributed by atoms with E-state index in [2.05, 4.69) is 20.6 Å². The summed E-state index contributed by atoms with van der Waals surface area (Å²) in [5.74, 6) is -0.505. The van der Waals surface area contributed by atoms with Gasteiger partial charge in [-0.2, -0.15) is 0 Å². The van der Waals surface area contributed by atoms with Crippen molar-refractivity contribution in [3.63, 3.8) is 0 Å². The quantitative estimate of drug-likeness (QED) is 0.587. The highest BCUT2D eigenvalue weighted by Gasteiger charge is 2.25. The van der Waals surface area contributed by atoms with Gasteiger partial charge in [0.1, 0.15) is 11.6 Å². The molecule has 1 unspecified atom stereocenters. The summed E-state index contributed by atoms with van der Waals surface area (Å²) in [4.78, 5) is 10.5. The molecule has 1 aromatic carbocycles. The first-order valence-electron chi connectivity index (χ1n) is 9.40. The van der Waals surface area contributed by atoms with Crippen molar-refractivity contribution >= 4 is 11.8 Å². The molecule has 3 rings (SSSR count). The minimum atomic E-state index is -0.586. The van der Waals surface area contributed by atoms with Crippen LogP contribution in [0.3, 0.4) is 0 Å². The van der Waals surface area contributed by atoms with E-state index in [9.17, 15) is 13.2 Å². The summed E-state index contributed by atoms with van der Waals surface area (Å²) in [5, 5.41) is 6.51. The van der Waals surface area contributed by atoms with Crippen LogP contribution < -0.4 is 15.5 Å². The minimum Gasteiger partial charge on any atom is -0.357 e. The number of aliphatic imine (C=N–C) groups is 1. The third kappa shape index (κ3) is 5.37. The lowest BCUT2D eigenvalue weighted by molar-refractivity contribution is 0.579. The molecule has 1 saturated heterocycles. The summed E-state index contributed by atoms with van der Waals surface area (Å²) in [7, 11) is 0. The number of hydrogen-bond donors (Lipinski definition) is 2. The molecule has 0 radical (unpaired) electrons. The fourth-order valence-corrected chi connectivity index (χ4v) is 3.25. The lowest BCUT2D eigenvalue weighted by Crippen LogP contribution is -2.44. The van der Waals surface area contributed by atoms with E-state index >= 15 is 0 Å². The molecule has 0 spiro atoms. The van der Waals surface area contributed by atoms with Gasteiger partial charge in [-0.15, -0.1) is 0 Å². The summed E-state index contributed by atoms with van der Waals surface area (Å²) >= 11 is 0. The van der Waals surface area contributed by atoms with Gasteiger partial charge in [0.25, 0.3) is 0 Å². The molecule has 1 aliphatic heterocycles. The molecule has 0 bridgehead atoms. The summed E-state index contributed by atoms with van der Waals surface area (Å²) in [6.07, 6.45) is 2.84. The van der Waals surface area contributed by atoms with Crippen LogP contribution in [0.1, 0.15) is 18.9 Å². The number of pyridine rings is 1. The maximum atomic E-state index is 13.9. The average molecular weight is 391 g/mol. The Morgan fingerprint density at radius 2 is 2.04 bits per heavy atom.